The van der Waals surface area contributed by atoms with Gasteiger partial charge in [-0.25, -0.2) is 4.79 Å². The van der Waals surface area contributed by atoms with Gasteiger partial charge in [0.05, 0.1) is 18.8 Å². The van der Waals surface area contributed by atoms with Gasteiger partial charge in [-0.15, -0.1) is 11.3 Å². The Morgan fingerprint density at radius 1 is 1.35 bits per heavy atom. The predicted octanol–water partition coefficient (Wildman–Crippen LogP) is 2.17. The molecule has 3 N–H and O–H groups in total. The van der Waals surface area contributed by atoms with Gasteiger partial charge in [-0.3, -0.25) is 4.68 Å². The third kappa shape index (κ3) is 3.69. The molecule has 120 valence electrons. The van der Waals surface area contributed by atoms with Crippen LogP contribution in [0.1, 0.15) is 16.7 Å². The number of carbonyl (C=O) groups excluding carboxylic acids is 1. The van der Waals surface area contributed by atoms with E-state index in [4.69, 9.17) is 0 Å². The van der Waals surface area contributed by atoms with E-state index < -0.39 is 6.10 Å². The van der Waals surface area contributed by atoms with Crippen molar-refractivity contribution in [3.05, 3.63) is 53.2 Å². The first-order valence-electron chi connectivity index (χ1n) is 7.28. The van der Waals surface area contributed by atoms with E-state index >= 15 is 0 Å². The van der Waals surface area contributed by atoms with Crippen LogP contribution < -0.4 is 10.6 Å². The minimum atomic E-state index is -0.713. The maximum atomic E-state index is 11.8. The van der Waals surface area contributed by atoms with Crippen molar-refractivity contribution in [3.63, 3.8) is 0 Å². The van der Waals surface area contributed by atoms with Gasteiger partial charge in [0.2, 0.25) is 0 Å². The highest BCUT2D eigenvalue weighted by atomic mass is 32.1. The number of benzene rings is 1. The van der Waals surface area contributed by atoms with Gasteiger partial charge in [0.15, 0.2) is 0 Å². The molecule has 0 saturated carbocycles. The first-order chi connectivity index (χ1) is 11.1. The summed E-state index contributed by atoms with van der Waals surface area (Å²) in [4.78, 5) is 12.6. The second kappa shape index (κ2) is 6.80. The number of fused-ring (bicyclic) bond motifs is 1. The Morgan fingerprint density at radius 3 is 2.91 bits per heavy atom. The van der Waals surface area contributed by atoms with Crippen LogP contribution in [-0.2, 0) is 13.6 Å². The molecule has 2 amide bonds. The summed E-state index contributed by atoms with van der Waals surface area (Å²) < 4.78 is 2.83. The average molecular weight is 330 g/mol. The van der Waals surface area contributed by atoms with Crippen molar-refractivity contribution < 1.29 is 9.90 Å². The lowest BCUT2D eigenvalue weighted by Crippen LogP contribution is -2.37. The molecule has 3 aromatic rings. The normalized spacial score (nSPS) is 12.3. The minimum Gasteiger partial charge on any atom is -0.386 e. The van der Waals surface area contributed by atoms with Crippen molar-refractivity contribution >= 4 is 27.5 Å². The number of thiophene rings is 1. The number of hydrogen-bond donors (Lipinski definition) is 3. The molecule has 1 atom stereocenters. The Hall–Kier alpha value is -2.38. The topological polar surface area (TPSA) is 79.2 Å². The molecule has 0 fully saturated rings. The van der Waals surface area contributed by atoms with Crippen molar-refractivity contribution in [1.29, 1.82) is 0 Å². The zero-order valence-corrected chi connectivity index (χ0v) is 13.5. The van der Waals surface area contributed by atoms with E-state index in [0.29, 0.717) is 6.54 Å². The Morgan fingerprint density at radius 2 is 2.17 bits per heavy atom. The third-order valence-electron chi connectivity index (χ3n) is 3.58. The smallest absolute Gasteiger partial charge is 0.315 e. The van der Waals surface area contributed by atoms with Crippen LogP contribution in [0, 0.1) is 0 Å². The van der Waals surface area contributed by atoms with Crippen LogP contribution in [0.15, 0.2) is 42.6 Å². The molecule has 2 heterocycles. The van der Waals surface area contributed by atoms with Crippen LogP contribution in [0.3, 0.4) is 0 Å². The fraction of sp³-hybridized carbons (Fsp3) is 0.250. The molecular weight excluding hydrogens is 312 g/mol. The van der Waals surface area contributed by atoms with Gasteiger partial charge in [0.1, 0.15) is 6.10 Å². The molecule has 3 rings (SSSR count). The molecule has 0 aliphatic rings. The number of aryl methyl sites for hydroxylation is 1. The van der Waals surface area contributed by atoms with Crippen molar-refractivity contribution in [2.24, 2.45) is 7.05 Å². The summed E-state index contributed by atoms with van der Waals surface area (Å²) in [5.74, 6) is 0. The third-order valence-corrected chi connectivity index (χ3v) is 4.80. The maximum Gasteiger partial charge on any atom is 0.315 e. The molecule has 0 saturated heterocycles. The molecule has 2 aromatic heterocycles. The lowest BCUT2D eigenvalue weighted by Gasteiger charge is -2.11. The van der Waals surface area contributed by atoms with Gasteiger partial charge in [-0.05, 0) is 23.6 Å². The van der Waals surface area contributed by atoms with Crippen LogP contribution in [0.4, 0.5) is 4.79 Å². The van der Waals surface area contributed by atoms with Gasteiger partial charge in [-0.1, -0.05) is 18.2 Å². The molecule has 0 aliphatic heterocycles. The summed E-state index contributed by atoms with van der Waals surface area (Å²) in [6.45, 7) is 0.561. The van der Waals surface area contributed by atoms with Crippen molar-refractivity contribution in [1.82, 2.24) is 20.4 Å². The second-order valence-corrected chi connectivity index (χ2v) is 6.33. The van der Waals surface area contributed by atoms with Crippen LogP contribution in [0.2, 0.25) is 0 Å². The number of aliphatic hydroxyl groups is 1. The van der Waals surface area contributed by atoms with E-state index in [1.807, 2.05) is 43.4 Å². The molecule has 0 spiro atoms. The summed E-state index contributed by atoms with van der Waals surface area (Å²) in [5, 5.41) is 20.8. The number of carbonyl (C=O) groups is 1. The van der Waals surface area contributed by atoms with Gasteiger partial charge >= 0.3 is 6.03 Å². The van der Waals surface area contributed by atoms with Crippen LogP contribution >= 0.6 is 11.3 Å². The molecule has 23 heavy (non-hydrogen) atoms. The molecule has 7 heteroatoms. The minimum absolute atomic E-state index is 0.171. The molecule has 0 radical (unpaired) electrons. The molecule has 6 nitrogen and oxygen atoms in total. The van der Waals surface area contributed by atoms with Gasteiger partial charge < -0.3 is 15.7 Å². The summed E-state index contributed by atoms with van der Waals surface area (Å²) in [6, 6.07) is 11.5. The molecule has 0 bridgehead atoms. The summed E-state index contributed by atoms with van der Waals surface area (Å²) >= 11 is 1.54. The quantitative estimate of drug-likeness (QED) is 0.671. The maximum absolute atomic E-state index is 11.8. The van der Waals surface area contributed by atoms with Crippen molar-refractivity contribution in [2.75, 3.05) is 6.54 Å². The van der Waals surface area contributed by atoms with E-state index in [0.717, 1.165) is 20.7 Å². The second-order valence-electron chi connectivity index (χ2n) is 5.21. The number of rotatable bonds is 5. The number of amides is 2. The summed E-state index contributed by atoms with van der Waals surface area (Å²) in [7, 11) is 1.82. The number of nitrogens with one attached hydrogen (secondary N) is 2. The van der Waals surface area contributed by atoms with E-state index in [2.05, 4.69) is 15.7 Å². The zero-order valence-electron chi connectivity index (χ0n) is 12.7. The van der Waals surface area contributed by atoms with Crippen LogP contribution in [-0.4, -0.2) is 27.5 Å². The lowest BCUT2D eigenvalue weighted by atomic mass is 10.2. The van der Waals surface area contributed by atoms with Gasteiger partial charge in [-0.2, -0.15) is 5.10 Å². The first kappa shape index (κ1) is 15.5. The number of aromatic nitrogens is 2. The zero-order chi connectivity index (χ0) is 16.2. The molecule has 1 aromatic carbocycles. The highest BCUT2D eigenvalue weighted by molar-refractivity contribution is 7.19. The van der Waals surface area contributed by atoms with Crippen molar-refractivity contribution in [3.8, 4) is 0 Å². The van der Waals surface area contributed by atoms with Crippen molar-refractivity contribution in [2.45, 2.75) is 12.6 Å². The number of hydrogen-bond acceptors (Lipinski definition) is 4. The highest BCUT2D eigenvalue weighted by Crippen LogP contribution is 2.29. The van der Waals surface area contributed by atoms with Crippen LogP contribution in [0.25, 0.3) is 10.1 Å². The van der Waals surface area contributed by atoms with Crippen LogP contribution in [0.5, 0.6) is 0 Å². The lowest BCUT2D eigenvalue weighted by molar-refractivity contribution is 0.176. The SMILES string of the molecule is Cn1nccc1CNC(=O)NCC(O)c1cc2ccccc2s1. The fourth-order valence-corrected chi connectivity index (χ4v) is 3.32. The number of aliphatic hydroxyl groups excluding tert-OH is 1. The first-order valence-corrected chi connectivity index (χ1v) is 8.10. The Balaban J connectivity index is 1.51. The fourth-order valence-electron chi connectivity index (χ4n) is 2.26. The summed E-state index contributed by atoms with van der Waals surface area (Å²) in [5.41, 5.74) is 0.908. The Bertz CT molecular complexity index is 778. The van der Waals surface area contributed by atoms with Gasteiger partial charge in [0, 0.05) is 22.8 Å². The molecule has 1 unspecified atom stereocenters. The monoisotopic (exact) mass is 330 g/mol. The van der Waals surface area contributed by atoms with E-state index in [9.17, 15) is 9.90 Å². The predicted molar refractivity (Wildman–Crippen MR) is 90.2 cm³/mol. The highest BCUT2D eigenvalue weighted by Gasteiger charge is 2.12. The Kier molecular flexibility index (Phi) is 4.59. The van der Waals surface area contributed by atoms with E-state index in [-0.39, 0.29) is 12.6 Å². The van der Waals surface area contributed by atoms with Gasteiger partial charge in [0.25, 0.3) is 0 Å². The summed E-state index contributed by atoms with van der Waals surface area (Å²) in [6.07, 6.45) is 0.968. The van der Waals surface area contributed by atoms with E-state index in [1.54, 1.807) is 10.9 Å². The number of urea groups is 1. The average Bonchev–Trinajstić information content (AvgIpc) is 3.16. The largest absolute Gasteiger partial charge is 0.386 e. The molecular formula is C16H18N4O2S. The van der Waals surface area contributed by atoms with E-state index in [1.165, 1.54) is 11.3 Å². The molecule has 0 aliphatic carbocycles. The number of nitrogens with zero attached hydrogens (tertiary/aromatic N) is 2. The standard InChI is InChI=1S/C16H18N4O2S/c1-20-12(6-7-19-20)9-17-16(22)18-10-13(21)15-8-11-4-2-3-5-14(11)23-15/h2-8,13,21H,9-10H2,1H3,(H2,17,18,22). The Labute approximate surface area is 137 Å².